The molecule has 1 aromatic heterocycles. The van der Waals surface area contributed by atoms with Crippen LogP contribution in [0.1, 0.15) is 32.3 Å². The average molecular weight is 336 g/mol. The van der Waals surface area contributed by atoms with Crippen molar-refractivity contribution in [3.8, 4) is 0 Å². The molecule has 1 aromatic carbocycles. The van der Waals surface area contributed by atoms with Gasteiger partial charge in [-0.2, -0.15) is 0 Å². The second-order valence-electron chi connectivity index (χ2n) is 5.11. The molecule has 7 heteroatoms. The Balaban J connectivity index is 2.02. The summed E-state index contributed by atoms with van der Waals surface area (Å²) in [6, 6.07) is 7.91. The van der Waals surface area contributed by atoms with Crippen molar-refractivity contribution >= 4 is 39.8 Å². The maximum atomic E-state index is 12.4. The van der Waals surface area contributed by atoms with Crippen LogP contribution in [-0.4, -0.2) is 28.4 Å². The third-order valence-corrected chi connectivity index (χ3v) is 5.23. The molecule has 0 saturated heterocycles. The Morgan fingerprint density at radius 1 is 1.23 bits per heavy atom. The van der Waals surface area contributed by atoms with Crippen LogP contribution in [0.15, 0.2) is 28.6 Å². The van der Waals surface area contributed by atoms with Crippen molar-refractivity contribution in [2.24, 2.45) is 0 Å². The van der Waals surface area contributed by atoms with Gasteiger partial charge in [0, 0.05) is 12.7 Å². The molecule has 2 aromatic rings. The van der Waals surface area contributed by atoms with Crippen molar-refractivity contribution < 1.29 is 4.79 Å². The molecule has 0 radical (unpaired) electrons. The standard InChI is InChI=1S/C15H20N4OS2/c1-9(2)11-7-5-6-8-12(11)17-13(20)10(3)21-15-19-18-14(16-4)22-15/h5-10H,1-4H3,(H,16,18)(H,17,20)/t10-/m1/s1. The van der Waals surface area contributed by atoms with Gasteiger partial charge in [-0.05, 0) is 24.5 Å². The Hall–Kier alpha value is -1.60. The molecule has 118 valence electrons. The van der Waals surface area contributed by atoms with E-state index in [1.807, 2.05) is 31.2 Å². The number of thioether (sulfide) groups is 1. The summed E-state index contributed by atoms with van der Waals surface area (Å²) in [5.74, 6) is 0.333. The Morgan fingerprint density at radius 3 is 2.59 bits per heavy atom. The molecular weight excluding hydrogens is 316 g/mol. The molecule has 0 bridgehead atoms. The first-order valence-corrected chi connectivity index (χ1v) is 8.78. The van der Waals surface area contributed by atoms with Gasteiger partial charge in [0.05, 0.1) is 5.25 Å². The molecule has 0 saturated carbocycles. The highest BCUT2D eigenvalue weighted by atomic mass is 32.2. The van der Waals surface area contributed by atoms with Crippen LogP contribution in [0.4, 0.5) is 10.8 Å². The quantitative estimate of drug-likeness (QED) is 0.785. The van der Waals surface area contributed by atoms with E-state index in [1.165, 1.54) is 23.1 Å². The summed E-state index contributed by atoms with van der Waals surface area (Å²) in [6.07, 6.45) is 0. The van der Waals surface area contributed by atoms with Crippen LogP contribution in [0.3, 0.4) is 0 Å². The van der Waals surface area contributed by atoms with E-state index in [0.29, 0.717) is 5.92 Å². The third kappa shape index (κ3) is 4.20. The fraction of sp³-hybridized carbons (Fsp3) is 0.400. The zero-order valence-electron chi connectivity index (χ0n) is 13.1. The minimum absolute atomic E-state index is 0.0284. The lowest BCUT2D eigenvalue weighted by Crippen LogP contribution is -2.23. The number of hydrogen-bond donors (Lipinski definition) is 2. The number of carbonyl (C=O) groups is 1. The van der Waals surface area contributed by atoms with Gasteiger partial charge < -0.3 is 10.6 Å². The van der Waals surface area contributed by atoms with Crippen molar-refractivity contribution in [3.63, 3.8) is 0 Å². The molecule has 0 aliphatic carbocycles. The van der Waals surface area contributed by atoms with Gasteiger partial charge in [-0.25, -0.2) is 0 Å². The second kappa shape index (κ2) is 7.60. The molecule has 0 fully saturated rings. The van der Waals surface area contributed by atoms with E-state index < -0.39 is 0 Å². The van der Waals surface area contributed by atoms with Crippen molar-refractivity contribution in [1.29, 1.82) is 0 Å². The molecule has 0 spiro atoms. The number of amides is 1. The fourth-order valence-electron chi connectivity index (χ4n) is 1.91. The molecule has 2 rings (SSSR count). The topological polar surface area (TPSA) is 66.9 Å². The Labute approximate surface area is 138 Å². The SMILES string of the molecule is CNc1nnc(S[C@H](C)C(=O)Nc2ccccc2C(C)C)s1. The van der Waals surface area contributed by atoms with Crippen LogP contribution < -0.4 is 10.6 Å². The molecule has 1 amide bonds. The minimum atomic E-state index is -0.238. The molecule has 5 nitrogen and oxygen atoms in total. The highest BCUT2D eigenvalue weighted by Gasteiger charge is 2.18. The maximum absolute atomic E-state index is 12.4. The van der Waals surface area contributed by atoms with Gasteiger partial charge in [-0.3, -0.25) is 4.79 Å². The molecule has 0 unspecified atom stereocenters. The lowest BCUT2D eigenvalue weighted by molar-refractivity contribution is -0.115. The van der Waals surface area contributed by atoms with E-state index in [4.69, 9.17) is 0 Å². The van der Waals surface area contributed by atoms with Gasteiger partial charge >= 0.3 is 0 Å². The first-order valence-electron chi connectivity index (χ1n) is 7.09. The number of carbonyl (C=O) groups excluding carboxylic acids is 1. The summed E-state index contributed by atoms with van der Waals surface area (Å²) in [7, 11) is 1.80. The van der Waals surface area contributed by atoms with Crippen molar-refractivity contribution in [2.45, 2.75) is 36.3 Å². The number of nitrogens with zero attached hydrogens (tertiary/aromatic N) is 2. The van der Waals surface area contributed by atoms with Crippen LogP contribution >= 0.6 is 23.1 Å². The predicted molar refractivity (Wildman–Crippen MR) is 93.9 cm³/mol. The molecular formula is C15H20N4OS2. The normalized spacial score (nSPS) is 12.2. The van der Waals surface area contributed by atoms with E-state index in [-0.39, 0.29) is 11.2 Å². The highest BCUT2D eigenvalue weighted by molar-refractivity contribution is 8.02. The minimum Gasteiger partial charge on any atom is -0.363 e. The Bertz CT molecular complexity index is 642. The lowest BCUT2D eigenvalue weighted by atomic mass is 10.0. The van der Waals surface area contributed by atoms with Gasteiger partial charge in [-0.1, -0.05) is 55.1 Å². The molecule has 2 N–H and O–H groups in total. The van der Waals surface area contributed by atoms with E-state index >= 15 is 0 Å². The highest BCUT2D eigenvalue weighted by Crippen LogP contribution is 2.30. The number of para-hydroxylation sites is 1. The van der Waals surface area contributed by atoms with Crippen molar-refractivity contribution in [1.82, 2.24) is 10.2 Å². The number of aromatic nitrogens is 2. The third-order valence-electron chi connectivity index (χ3n) is 3.11. The van der Waals surface area contributed by atoms with Crippen LogP contribution in [0.2, 0.25) is 0 Å². The molecule has 0 aliphatic rings. The van der Waals surface area contributed by atoms with E-state index in [2.05, 4.69) is 34.7 Å². The molecule has 0 aliphatic heterocycles. The number of rotatable bonds is 6. The summed E-state index contributed by atoms with van der Waals surface area (Å²) < 4.78 is 0.782. The number of nitrogens with one attached hydrogen (secondary N) is 2. The lowest BCUT2D eigenvalue weighted by Gasteiger charge is -2.15. The monoisotopic (exact) mass is 336 g/mol. The van der Waals surface area contributed by atoms with Gasteiger partial charge in [0.15, 0.2) is 4.34 Å². The smallest absolute Gasteiger partial charge is 0.237 e. The summed E-state index contributed by atoms with van der Waals surface area (Å²) in [6.45, 7) is 6.10. The first-order chi connectivity index (χ1) is 10.5. The molecule has 22 heavy (non-hydrogen) atoms. The summed E-state index contributed by atoms with van der Waals surface area (Å²) in [5.41, 5.74) is 2.02. The van der Waals surface area contributed by atoms with Crippen molar-refractivity contribution in [2.75, 3.05) is 17.7 Å². The van der Waals surface area contributed by atoms with Crippen molar-refractivity contribution in [3.05, 3.63) is 29.8 Å². The zero-order valence-corrected chi connectivity index (χ0v) is 14.7. The van der Waals surface area contributed by atoms with Crippen LogP contribution in [0.25, 0.3) is 0 Å². The fourth-order valence-corrected chi connectivity index (χ4v) is 3.76. The summed E-state index contributed by atoms with van der Waals surface area (Å²) >= 11 is 2.86. The van der Waals surface area contributed by atoms with Gasteiger partial charge in [0.1, 0.15) is 0 Å². The van der Waals surface area contributed by atoms with Gasteiger partial charge in [-0.15, -0.1) is 10.2 Å². The maximum Gasteiger partial charge on any atom is 0.237 e. The first kappa shape index (κ1) is 16.8. The second-order valence-corrected chi connectivity index (χ2v) is 7.68. The van der Waals surface area contributed by atoms with Crippen LogP contribution in [0.5, 0.6) is 0 Å². The van der Waals surface area contributed by atoms with E-state index in [0.717, 1.165) is 20.7 Å². The number of anilines is 2. The number of hydrogen-bond acceptors (Lipinski definition) is 6. The largest absolute Gasteiger partial charge is 0.363 e. The molecule has 1 heterocycles. The zero-order chi connectivity index (χ0) is 16.1. The average Bonchev–Trinajstić information content (AvgIpc) is 2.95. The summed E-state index contributed by atoms with van der Waals surface area (Å²) in [4.78, 5) is 12.4. The Morgan fingerprint density at radius 2 is 1.95 bits per heavy atom. The van der Waals surface area contributed by atoms with Gasteiger partial charge in [0.25, 0.3) is 0 Å². The van der Waals surface area contributed by atoms with E-state index in [1.54, 1.807) is 7.05 Å². The number of benzene rings is 1. The summed E-state index contributed by atoms with van der Waals surface area (Å²) in [5, 5.41) is 14.5. The van der Waals surface area contributed by atoms with Crippen LogP contribution in [0, 0.1) is 0 Å². The van der Waals surface area contributed by atoms with Gasteiger partial charge in [0.2, 0.25) is 11.0 Å². The molecule has 1 atom stereocenters. The van der Waals surface area contributed by atoms with Crippen LogP contribution in [-0.2, 0) is 4.79 Å². The Kier molecular flexibility index (Phi) is 5.79. The predicted octanol–water partition coefficient (Wildman–Crippen LogP) is 3.82. The van der Waals surface area contributed by atoms with E-state index in [9.17, 15) is 4.79 Å².